The third kappa shape index (κ3) is 4.75. The first-order valence-corrected chi connectivity index (χ1v) is 8.55. The number of aryl methyl sites for hydroxylation is 2. The molecule has 25 heavy (non-hydrogen) atoms. The van der Waals surface area contributed by atoms with Crippen LogP contribution in [0.25, 0.3) is 0 Å². The molecule has 1 atom stereocenters. The highest BCUT2D eigenvalue weighted by Crippen LogP contribution is 2.30. The molecular formula is C21H27NO3. The predicted molar refractivity (Wildman–Crippen MR) is 100 cm³/mol. The van der Waals surface area contributed by atoms with E-state index in [0.29, 0.717) is 17.9 Å². The Bertz CT molecular complexity index is 740. The van der Waals surface area contributed by atoms with E-state index in [4.69, 9.17) is 9.47 Å². The van der Waals surface area contributed by atoms with E-state index in [1.807, 2.05) is 24.3 Å². The van der Waals surface area contributed by atoms with Crippen molar-refractivity contribution in [2.75, 3.05) is 14.2 Å². The number of nitrogens with one attached hydrogen (secondary N) is 1. The molecule has 0 bridgehead atoms. The first kappa shape index (κ1) is 18.8. The number of hydrogen-bond donors (Lipinski definition) is 1. The molecule has 0 aliphatic rings. The van der Waals surface area contributed by atoms with E-state index in [2.05, 4.69) is 38.2 Å². The average Bonchev–Trinajstić information content (AvgIpc) is 2.62. The van der Waals surface area contributed by atoms with Gasteiger partial charge in [0.15, 0.2) is 11.5 Å². The smallest absolute Gasteiger partial charge is 0.224 e. The SMILES string of the molecule is CC[C@H](NC(=O)Cc1ccc(C)c(C)c1)c1ccc(OC)c(OC)c1. The van der Waals surface area contributed by atoms with Gasteiger partial charge in [-0.1, -0.05) is 31.2 Å². The van der Waals surface area contributed by atoms with Crippen molar-refractivity contribution >= 4 is 5.91 Å². The summed E-state index contributed by atoms with van der Waals surface area (Å²) in [6.45, 7) is 6.19. The van der Waals surface area contributed by atoms with Gasteiger partial charge in [0, 0.05) is 0 Å². The second kappa shape index (κ2) is 8.56. The summed E-state index contributed by atoms with van der Waals surface area (Å²) in [6.07, 6.45) is 1.18. The van der Waals surface area contributed by atoms with Crippen molar-refractivity contribution in [2.45, 2.75) is 39.7 Å². The molecule has 1 N–H and O–H groups in total. The van der Waals surface area contributed by atoms with Crippen LogP contribution in [0.1, 0.15) is 41.6 Å². The Morgan fingerprint density at radius 2 is 1.72 bits per heavy atom. The molecular weight excluding hydrogens is 314 g/mol. The maximum absolute atomic E-state index is 12.5. The minimum Gasteiger partial charge on any atom is -0.493 e. The quantitative estimate of drug-likeness (QED) is 0.824. The Morgan fingerprint density at radius 1 is 1.00 bits per heavy atom. The van der Waals surface area contributed by atoms with Crippen molar-refractivity contribution in [3.05, 3.63) is 58.7 Å². The molecule has 2 aromatic rings. The Balaban J connectivity index is 2.10. The summed E-state index contributed by atoms with van der Waals surface area (Å²) in [5.41, 5.74) is 4.48. The highest BCUT2D eigenvalue weighted by molar-refractivity contribution is 5.79. The standard InChI is InChI=1S/C21H27NO3/c1-6-18(17-9-10-19(24-4)20(13-17)25-5)22-21(23)12-16-8-7-14(2)15(3)11-16/h7-11,13,18H,6,12H2,1-5H3,(H,22,23)/t18-/m0/s1. The monoisotopic (exact) mass is 341 g/mol. The maximum Gasteiger partial charge on any atom is 0.224 e. The van der Waals surface area contributed by atoms with Gasteiger partial charge in [-0.25, -0.2) is 0 Å². The van der Waals surface area contributed by atoms with E-state index in [0.717, 1.165) is 17.5 Å². The fraction of sp³-hybridized carbons (Fsp3) is 0.381. The van der Waals surface area contributed by atoms with E-state index in [1.54, 1.807) is 14.2 Å². The highest BCUT2D eigenvalue weighted by atomic mass is 16.5. The molecule has 0 aliphatic heterocycles. The fourth-order valence-electron chi connectivity index (χ4n) is 2.83. The van der Waals surface area contributed by atoms with Crippen molar-refractivity contribution in [1.82, 2.24) is 5.32 Å². The van der Waals surface area contributed by atoms with Crippen LogP contribution >= 0.6 is 0 Å². The van der Waals surface area contributed by atoms with E-state index in [9.17, 15) is 4.79 Å². The molecule has 0 unspecified atom stereocenters. The van der Waals surface area contributed by atoms with Crippen LogP contribution in [0.4, 0.5) is 0 Å². The van der Waals surface area contributed by atoms with Crippen molar-refractivity contribution in [3.8, 4) is 11.5 Å². The zero-order valence-corrected chi connectivity index (χ0v) is 15.7. The second-order valence-corrected chi connectivity index (χ2v) is 6.24. The van der Waals surface area contributed by atoms with Gasteiger partial charge in [-0.2, -0.15) is 0 Å². The summed E-state index contributed by atoms with van der Waals surface area (Å²) in [6, 6.07) is 11.8. The summed E-state index contributed by atoms with van der Waals surface area (Å²) < 4.78 is 10.6. The Hall–Kier alpha value is -2.49. The molecule has 4 heteroatoms. The molecule has 0 aliphatic carbocycles. The summed E-state index contributed by atoms with van der Waals surface area (Å²) in [7, 11) is 3.22. The van der Waals surface area contributed by atoms with Crippen LogP contribution in [0.3, 0.4) is 0 Å². The molecule has 0 heterocycles. The number of benzene rings is 2. The van der Waals surface area contributed by atoms with Crippen LogP contribution in [0.15, 0.2) is 36.4 Å². The first-order chi connectivity index (χ1) is 12.0. The van der Waals surface area contributed by atoms with Gasteiger partial charge in [-0.3, -0.25) is 4.79 Å². The van der Waals surface area contributed by atoms with Gasteiger partial charge in [-0.05, 0) is 54.7 Å². The number of carbonyl (C=O) groups excluding carboxylic acids is 1. The van der Waals surface area contributed by atoms with Crippen molar-refractivity contribution < 1.29 is 14.3 Å². The Kier molecular flexibility index (Phi) is 6.45. The molecule has 134 valence electrons. The first-order valence-electron chi connectivity index (χ1n) is 8.55. The summed E-state index contributed by atoms with van der Waals surface area (Å²) >= 11 is 0. The third-order valence-corrected chi connectivity index (χ3v) is 4.49. The second-order valence-electron chi connectivity index (χ2n) is 6.24. The number of ether oxygens (including phenoxy) is 2. The lowest BCUT2D eigenvalue weighted by molar-refractivity contribution is -0.121. The van der Waals surface area contributed by atoms with Gasteiger partial charge >= 0.3 is 0 Å². The zero-order chi connectivity index (χ0) is 18.4. The largest absolute Gasteiger partial charge is 0.493 e. The molecule has 0 spiro atoms. The highest BCUT2D eigenvalue weighted by Gasteiger charge is 2.15. The van der Waals surface area contributed by atoms with Gasteiger partial charge in [0.05, 0.1) is 26.7 Å². The van der Waals surface area contributed by atoms with Crippen LogP contribution in [-0.2, 0) is 11.2 Å². The molecule has 0 aromatic heterocycles. The van der Waals surface area contributed by atoms with Gasteiger partial charge < -0.3 is 14.8 Å². The van der Waals surface area contributed by atoms with Crippen LogP contribution in [0.2, 0.25) is 0 Å². The van der Waals surface area contributed by atoms with Gasteiger partial charge in [-0.15, -0.1) is 0 Å². The molecule has 1 amide bonds. The van der Waals surface area contributed by atoms with Crippen molar-refractivity contribution in [2.24, 2.45) is 0 Å². The normalized spacial score (nSPS) is 11.7. The summed E-state index contributed by atoms with van der Waals surface area (Å²) in [4.78, 5) is 12.5. The zero-order valence-electron chi connectivity index (χ0n) is 15.7. The molecule has 0 saturated carbocycles. The molecule has 4 nitrogen and oxygen atoms in total. The van der Waals surface area contributed by atoms with Crippen LogP contribution in [0.5, 0.6) is 11.5 Å². The number of rotatable bonds is 7. The Morgan fingerprint density at radius 3 is 2.32 bits per heavy atom. The molecule has 0 fully saturated rings. The number of carbonyl (C=O) groups is 1. The van der Waals surface area contributed by atoms with Crippen LogP contribution in [0, 0.1) is 13.8 Å². The number of methoxy groups -OCH3 is 2. The minimum atomic E-state index is -0.0566. The fourth-order valence-corrected chi connectivity index (χ4v) is 2.83. The van der Waals surface area contributed by atoms with Gasteiger partial charge in [0.1, 0.15) is 0 Å². The van der Waals surface area contributed by atoms with E-state index in [-0.39, 0.29) is 11.9 Å². The summed E-state index contributed by atoms with van der Waals surface area (Å²) in [5.74, 6) is 1.37. The lowest BCUT2D eigenvalue weighted by atomic mass is 10.0. The molecule has 0 radical (unpaired) electrons. The van der Waals surface area contributed by atoms with E-state index in [1.165, 1.54) is 11.1 Å². The third-order valence-electron chi connectivity index (χ3n) is 4.49. The topological polar surface area (TPSA) is 47.6 Å². The maximum atomic E-state index is 12.5. The van der Waals surface area contributed by atoms with Gasteiger partial charge in [0.25, 0.3) is 0 Å². The molecule has 0 saturated heterocycles. The van der Waals surface area contributed by atoms with Crippen molar-refractivity contribution in [3.63, 3.8) is 0 Å². The van der Waals surface area contributed by atoms with Gasteiger partial charge in [0.2, 0.25) is 5.91 Å². The van der Waals surface area contributed by atoms with Crippen LogP contribution < -0.4 is 14.8 Å². The predicted octanol–water partition coefficient (Wildman–Crippen LogP) is 4.13. The lowest BCUT2D eigenvalue weighted by Gasteiger charge is -2.19. The van der Waals surface area contributed by atoms with E-state index >= 15 is 0 Å². The van der Waals surface area contributed by atoms with E-state index < -0.39 is 0 Å². The lowest BCUT2D eigenvalue weighted by Crippen LogP contribution is -2.29. The average molecular weight is 341 g/mol. The van der Waals surface area contributed by atoms with Crippen molar-refractivity contribution in [1.29, 1.82) is 0 Å². The van der Waals surface area contributed by atoms with Crippen LogP contribution in [-0.4, -0.2) is 20.1 Å². The molecule has 2 aromatic carbocycles. The number of hydrogen-bond acceptors (Lipinski definition) is 3. The summed E-state index contributed by atoms with van der Waals surface area (Å²) in [5, 5.41) is 3.12. The molecule has 2 rings (SSSR count). The minimum absolute atomic E-state index is 0.0184. The Labute approximate surface area is 150 Å². The number of amides is 1.